The van der Waals surface area contributed by atoms with Crippen molar-refractivity contribution in [2.24, 2.45) is 52.5 Å². The van der Waals surface area contributed by atoms with Gasteiger partial charge in [0.15, 0.2) is 0 Å². The molecule has 0 aliphatic carbocycles. The van der Waals surface area contributed by atoms with Crippen molar-refractivity contribution in [3.8, 4) is 0 Å². The van der Waals surface area contributed by atoms with Gasteiger partial charge in [0.05, 0.1) is 11.6 Å². The molecule has 12 atom stereocenters. The summed E-state index contributed by atoms with van der Waals surface area (Å²) in [6.45, 7) is 23.5. The van der Waals surface area contributed by atoms with Crippen LogP contribution in [0.5, 0.6) is 0 Å². The second kappa shape index (κ2) is 38.4. The summed E-state index contributed by atoms with van der Waals surface area (Å²) in [5.74, 6) is -7.89. The lowest BCUT2D eigenvalue weighted by Crippen LogP contribution is -2.65. The highest BCUT2D eigenvalue weighted by atomic mass is 16.3. The number of hydrogen-bond donors (Lipinski definition) is 14. The van der Waals surface area contributed by atoms with E-state index in [0.717, 1.165) is 0 Å². The van der Waals surface area contributed by atoms with E-state index in [1.807, 2.05) is 74.5 Å². The van der Waals surface area contributed by atoms with Crippen LogP contribution in [0.25, 0.3) is 0 Å². The van der Waals surface area contributed by atoms with Crippen molar-refractivity contribution in [2.75, 3.05) is 13.1 Å². The van der Waals surface area contributed by atoms with Crippen LogP contribution >= 0.6 is 0 Å². The Morgan fingerprint density at radius 3 is 1.58 bits per heavy atom. The molecule has 10 amide bonds. The molecule has 1 unspecified atom stereocenters. The fourth-order valence-electron chi connectivity index (χ4n) is 9.78. The molecule has 24 heteroatoms. The van der Waals surface area contributed by atoms with Gasteiger partial charge in [0, 0.05) is 0 Å². The zero-order chi connectivity index (χ0) is 64.1. The predicted molar refractivity (Wildman–Crippen MR) is 325 cm³/mol. The Balaban J connectivity index is 3.81. The highest BCUT2D eigenvalue weighted by Gasteiger charge is 2.42. The van der Waals surface area contributed by atoms with Crippen molar-refractivity contribution in [1.82, 2.24) is 47.9 Å². The second-order valence-corrected chi connectivity index (χ2v) is 25.4. The van der Waals surface area contributed by atoms with E-state index in [9.17, 15) is 53.1 Å². The van der Waals surface area contributed by atoms with Crippen LogP contribution < -0.4 is 70.8 Å². The first kappa shape index (κ1) is 76.3. The minimum absolute atomic E-state index is 0.00148. The highest BCUT2D eigenvalue weighted by Crippen LogP contribution is 2.21. The SMILES string of the molecule is CC[C@H](C)[C@H](NC(=O)[C@]1(C)CCC/C=C\CCCC(C)(N)C(=O)N[C@@H](CC(C)C)C(=O)N[C@@H](CC(C)C)C(=O)N[C@@H](CCCCN)C(=O)N1)C(=O)N[C@@H](CCCCN)C(=O)N[C@H](C(=O)N[C@@H](CC(C)C)C(=O)N[C@@H](CC(C)C)C(N)=O)[C@@H](C)O. The molecule has 84 heavy (non-hydrogen) atoms. The van der Waals surface area contributed by atoms with E-state index < -0.39 is 131 Å². The van der Waals surface area contributed by atoms with Gasteiger partial charge in [-0.05, 0) is 166 Å². The molecular formula is C60H111N13O11. The number of amides is 10. The van der Waals surface area contributed by atoms with Gasteiger partial charge in [0.2, 0.25) is 59.1 Å². The van der Waals surface area contributed by atoms with Crippen molar-refractivity contribution in [2.45, 2.75) is 265 Å². The number of hydrogen-bond acceptors (Lipinski definition) is 14. The van der Waals surface area contributed by atoms with Gasteiger partial charge in [0.1, 0.15) is 53.9 Å². The summed E-state index contributed by atoms with van der Waals surface area (Å²) in [5, 5.41) is 35.9. The number of nitrogens with two attached hydrogens (primary N) is 4. The van der Waals surface area contributed by atoms with Crippen LogP contribution in [-0.2, 0) is 47.9 Å². The number of primary amides is 1. The Labute approximate surface area is 500 Å². The van der Waals surface area contributed by atoms with Gasteiger partial charge >= 0.3 is 0 Å². The summed E-state index contributed by atoms with van der Waals surface area (Å²) >= 11 is 0. The van der Waals surface area contributed by atoms with Gasteiger partial charge in [-0.1, -0.05) is 87.8 Å². The van der Waals surface area contributed by atoms with Crippen LogP contribution in [0.3, 0.4) is 0 Å². The number of rotatable bonds is 30. The van der Waals surface area contributed by atoms with E-state index in [2.05, 4.69) is 47.9 Å². The molecule has 0 aromatic rings. The lowest BCUT2D eigenvalue weighted by atomic mass is 9.90. The average Bonchev–Trinajstić information content (AvgIpc) is 3.62. The van der Waals surface area contributed by atoms with Crippen molar-refractivity contribution in [3.05, 3.63) is 12.2 Å². The Morgan fingerprint density at radius 1 is 0.595 bits per heavy atom. The summed E-state index contributed by atoms with van der Waals surface area (Å²) in [7, 11) is 0. The van der Waals surface area contributed by atoms with Crippen LogP contribution in [0, 0.1) is 29.6 Å². The molecule has 0 fully saturated rings. The smallest absolute Gasteiger partial charge is 0.246 e. The molecule has 0 bridgehead atoms. The first-order valence-electron chi connectivity index (χ1n) is 30.8. The summed E-state index contributed by atoms with van der Waals surface area (Å²) in [4.78, 5) is 141. The van der Waals surface area contributed by atoms with Gasteiger partial charge in [-0.25, -0.2) is 0 Å². The maximum Gasteiger partial charge on any atom is 0.246 e. The Morgan fingerprint density at radius 2 is 1.07 bits per heavy atom. The van der Waals surface area contributed by atoms with Crippen LogP contribution in [-0.4, -0.2) is 143 Å². The third-order valence-corrected chi connectivity index (χ3v) is 15.1. The number of nitrogens with one attached hydrogen (secondary N) is 9. The van der Waals surface area contributed by atoms with Crippen LogP contribution in [0.2, 0.25) is 0 Å². The summed E-state index contributed by atoms with van der Waals surface area (Å²) in [6, 6.07) is -9.78. The van der Waals surface area contributed by atoms with E-state index >= 15 is 0 Å². The molecular weight excluding hydrogens is 1080 g/mol. The molecule has 1 aliphatic heterocycles. The zero-order valence-electron chi connectivity index (χ0n) is 53.0. The van der Waals surface area contributed by atoms with E-state index in [1.54, 1.807) is 13.8 Å². The van der Waals surface area contributed by atoms with E-state index in [4.69, 9.17) is 22.9 Å². The third-order valence-electron chi connectivity index (χ3n) is 15.1. The van der Waals surface area contributed by atoms with Crippen molar-refractivity contribution >= 4 is 59.1 Å². The monoisotopic (exact) mass is 1190 g/mol. The number of aliphatic hydroxyl groups excluding tert-OH is 1. The molecule has 18 N–H and O–H groups in total. The number of allylic oxidation sites excluding steroid dienone is 2. The fraction of sp³-hybridized carbons (Fsp3) is 0.800. The molecule has 1 rings (SSSR count). The average molecular weight is 1190 g/mol. The topological polar surface area (TPSA) is 403 Å². The van der Waals surface area contributed by atoms with Gasteiger partial charge in [-0.15, -0.1) is 0 Å². The predicted octanol–water partition coefficient (Wildman–Crippen LogP) is 1.72. The molecule has 24 nitrogen and oxygen atoms in total. The first-order chi connectivity index (χ1) is 39.2. The molecule has 0 aromatic heterocycles. The molecule has 0 spiro atoms. The number of carbonyl (C=O) groups excluding carboxylic acids is 10. The van der Waals surface area contributed by atoms with Crippen LogP contribution in [0.1, 0.15) is 199 Å². The summed E-state index contributed by atoms with van der Waals surface area (Å²) in [5.41, 5.74) is 20.8. The maximum atomic E-state index is 15.0. The number of carbonyl (C=O) groups is 10. The Hall–Kier alpha value is -5.72. The number of aliphatic hydroxyl groups is 1. The lowest BCUT2D eigenvalue weighted by Gasteiger charge is -2.35. The van der Waals surface area contributed by atoms with Crippen LogP contribution in [0.15, 0.2) is 12.2 Å². The van der Waals surface area contributed by atoms with E-state index in [1.165, 1.54) is 13.8 Å². The normalized spacial score (nSPS) is 23.7. The van der Waals surface area contributed by atoms with Crippen molar-refractivity contribution in [1.29, 1.82) is 0 Å². The Kier molecular flexibility index (Phi) is 34.8. The van der Waals surface area contributed by atoms with Gasteiger partial charge in [0.25, 0.3) is 0 Å². The quantitative estimate of drug-likeness (QED) is 0.0360. The summed E-state index contributed by atoms with van der Waals surface area (Å²) < 4.78 is 0. The molecule has 0 saturated carbocycles. The van der Waals surface area contributed by atoms with Crippen molar-refractivity contribution < 1.29 is 53.1 Å². The highest BCUT2D eigenvalue weighted by molar-refractivity contribution is 6.00. The summed E-state index contributed by atoms with van der Waals surface area (Å²) in [6.07, 6.45) is 7.77. The van der Waals surface area contributed by atoms with Gasteiger partial charge < -0.3 is 75.9 Å². The molecule has 482 valence electrons. The van der Waals surface area contributed by atoms with Gasteiger partial charge in [-0.3, -0.25) is 47.9 Å². The lowest BCUT2D eigenvalue weighted by molar-refractivity contribution is -0.139. The van der Waals surface area contributed by atoms with E-state index in [-0.39, 0.29) is 75.2 Å². The zero-order valence-corrected chi connectivity index (χ0v) is 53.0. The molecule has 0 aromatic carbocycles. The first-order valence-corrected chi connectivity index (χ1v) is 30.8. The second-order valence-electron chi connectivity index (χ2n) is 25.4. The molecule has 1 aliphatic rings. The van der Waals surface area contributed by atoms with Crippen molar-refractivity contribution in [3.63, 3.8) is 0 Å². The molecule has 0 saturated heterocycles. The van der Waals surface area contributed by atoms with E-state index in [0.29, 0.717) is 70.8 Å². The standard InChI is InChI=1S/C60H111N13O11/c1-14-39(10)47(55(81)66-41(25-19-23-29-61)50(76)71-48(40(11)74)56(82)69-45(33-37(6)7)52(78)67-43(49(63)75)31-35(2)3)72-58(84)60(13)28-22-18-16-15-17-21-27-59(12,64)57(83)70-46(34-38(8)9)53(79)68-44(32-36(4)5)51(77)65-42(54(80)73-60)26-20-24-30-62/h15-16,35-48,74H,14,17-34,61-62,64H2,1-13H3,(H2,63,75)(H,65,77)(H,66,81)(H,67,78)(H,68,79)(H,69,82)(H,70,83)(H,71,76)(H,72,84)(H,73,80)/b16-15-/t39-,40+,41-,42-,43-,44-,45-,46-,47-,48-,59?,60-/m0/s1. The minimum atomic E-state index is -1.70. The third kappa shape index (κ3) is 28.0. The molecule has 1 heterocycles. The Bertz CT molecular complexity index is 2160. The molecule has 0 radical (unpaired) electrons. The van der Waals surface area contributed by atoms with Crippen LogP contribution in [0.4, 0.5) is 0 Å². The van der Waals surface area contributed by atoms with Gasteiger partial charge in [-0.2, -0.15) is 0 Å². The minimum Gasteiger partial charge on any atom is -0.391 e. The number of unbranched alkanes of at least 4 members (excludes halogenated alkanes) is 2. The fourth-order valence-corrected chi connectivity index (χ4v) is 9.78. The largest absolute Gasteiger partial charge is 0.391 e. The maximum absolute atomic E-state index is 15.0.